The maximum Gasteiger partial charge on any atom is 3.00 e. The zero-order chi connectivity index (χ0) is 32.6. The zero-order valence-corrected chi connectivity index (χ0v) is 32.7. The van der Waals surface area contributed by atoms with Crippen LogP contribution in [-0.2, 0) is 32.7 Å². The zero-order valence-electron chi connectivity index (χ0n) is 29.8. The van der Waals surface area contributed by atoms with Crippen molar-refractivity contribution in [2.75, 3.05) is 0 Å². The number of hydrogen-bond donors (Lipinski definition) is 6. The summed E-state index contributed by atoms with van der Waals surface area (Å²) in [6.45, 7) is 35.6. The fourth-order valence-corrected chi connectivity index (χ4v) is 2.76. The molecule has 7 heteroatoms. The first-order valence-electron chi connectivity index (χ1n) is 14.7. The van der Waals surface area contributed by atoms with Crippen LogP contribution < -0.4 is 0 Å². The molecule has 240 valence electrons. The summed E-state index contributed by atoms with van der Waals surface area (Å²) in [6.07, 6.45) is -1.30. The number of rotatable bonds is 6. The molecule has 0 saturated carbocycles. The van der Waals surface area contributed by atoms with Crippen LogP contribution in [0.15, 0.2) is 0 Å². The molecule has 0 radical (unpaired) electrons. The smallest absolute Gasteiger partial charge is 0.392 e. The predicted octanol–water partition coefficient (Wildman–Crippen LogP) is 6.57. The van der Waals surface area contributed by atoms with Gasteiger partial charge in [-0.05, 0) is 32.5 Å². The monoisotopic (exact) mass is 653 g/mol. The van der Waals surface area contributed by atoms with Crippen molar-refractivity contribution in [2.24, 2.45) is 32.5 Å². The third-order valence-electron chi connectivity index (χ3n) is 7.34. The maximum atomic E-state index is 9.76. The van der Waals surface area contributed by atoms with Gasteiger partial charge in [-0.15, -0.1) is 0 Å². The molecule has 6 N–H and O–H groups in total. The molecule has 6 nitrogen and oxygen atoms in total. The Morgan fingerprint density at radius 2 is 0.350 bits per heavy atom. The minimum Gasteiger partial charge on any atom is -0.392 e. The molecule has 40 heavy (non-hydrogen) atoms. The van der Waals surface area contributed by atoms with Crippen molar-refractivity contribution in [3.05, 3.63) is 0 Å². The van der Waals surface area contributed by atoms with E-state index >= 15 is 0 Å². The van der Waals surface area contributed by atoms with E-state index in [2.05, 4.69) is 0 Å². The Morgan fingerprint density at radius 1 is 0.275 bits per heavy atom. The summed E-state index contributed by atoms with van der Waals surface area (Å²) in [7, 11) is 0. The van der Waals surface area contributed by atoms with Gasteiger partial charge < -0.3 is 30.6 Å². The van der Waals surface area contributed by atoms with Gasteiger partial charge in [-0.1, -0.05) is 125 Å². The van der Waals surface area contributed by atoms with Gasteiger partial charge in [-0.25, -0.2) is 0 Å². The van der Waals surface area contributed by atoms with Crippen LogP contribution >= 0.6 is 0 Å². The molecule has 0 saturated heterocycles. The molecule has 6 unspecified atom stereocenters. The first kappa shape index (κ1) is 47.8. The van der Waals surface area contributed by atoms with Gasteiger partial charge in [0.05, 0.1) is 36.6 Å². The van der Waals surface area contributed by atoms with Crippen LogP contribution in [0.4, 0.5) is 0 Å². The largest absolute Gasteiger partial charge is 3.00 e. The third-order valence-corrected chi connectivity index (χ3v) is 7.34. The summed E-state index contributed by atoms with van der Waals surface area (Å²) in [4.78, 5) is 0. The van der Waals surface area contributed by atoms with E-state index in [0.717, 1.165) is 0 Å². The van der Waals surface area contributed by atoms with Gasteiger partial charge in [0, 0.05) is 19.3 Å². The van der Waals surface area contributed by atoms with Crippen LogP contribution in [0.2, 0.25) is 0 Å². The molecule has 0 spiro atoms. The van der Waals surface area contributed by atoms with Crippen LogP contribution in [0.3, 0.4) is 0 Å². The van der Waals surface area contributed by atoms with Gasteiger partial charge in [-0.3, -0.25) is 0 Å². The van der Waals surface area contributed by atoms with E-state index < -0.39 is 36.6 Å². The summed E-state index contributed by atoms with van der Waals surface area (Å²) in [5, 5.41) is 58.6. The van der Waals surface area contributed by atoms with Gasteiger partial charge in [0.15, 0.2) is 0 Å². The van der Waals surface area contributed by atoms with E-state index in [4.69, 9.17) is 0 Å². The SMILES string of the molecule is CC(C)(C)C(O)CC(O)C(C)(C)C.CC(C)(C)C(O)CC(O)C(C)(C)C.CC(C)(C)C(O)CC(O)C(C)(C)C.[Y+3]. The van der Waals surface area contributed by atoms with Crippen molar-refractivity contribution >= 4 is 0 Å². The molecule has 0 heterocycles. The summed E-state index contributed by atoms with van der Waals surface area (Å²) in [5.41, 5.74) is -0.880. The Balaban J connectivity index is -0.000000240. The standard InChI is InChI=1S/3C11H24O2.Y/c3*1-10(2,3)8(12)7-9(13)11(4,5)6;/h3*8-9,12-13H,7H2,1-6H3;/q;;;+3. The Kier molecular flexibility index (Phi) is 21.5. The molecule has 0 aromatic rings. The van der Waals surface area contributed by atoms with Gasteiger partial charge >= 0.3 is 32.7 Å². The van der Waals surface area contributed by atoms with E-state index in [-0.39, 0.29) is 65.2 Å². The number of aliphatic hydroxyl groups is 6. The molecule has 0 bridgehead atoms. The molecule has 0 aliphatic rings. The Hall–Kier alpha value is 0.864. The maximum absolute atomic E-state index is 9.76. The molecule has 6 atom stereocenters. The second-order valence-electron chi connectivity index (χ2n) is 18.0. The van der Waals surface area contributed by atoms with Crippen LogP contribution in [0.5, 0.6) is 0 Å². The van der Waals surface area contributed by atoms with Crippen molar-refractivity contribution in [1.82, 2.24) is 0 Å². The van der Waals surface area contributed by atoms with Crippen molar-refractivity contribution in [3.8, 4) is 0 Å². The van der Waals surface area contributed by atoms with Gasteiger partial charge in [0.1, 0.15) is 0 Å². The molecule has 0 aromatic carbocycles. The van der Waals surface area contributed by atoms with Crippen molar-refractivity contribution < 1.29 is 63.3 Å². The van der Waals surface area contributed by atoms with E-state index in [9.17, 15) is 30.6 Å². The van der Waals surface area contributed by atoms with E-state index in [1.54, 1.807) is 0 Å². The molecule has 0 aromatic heterocycles. The molecular weight excluding hydrogens is 581 g/mol. The predicted molar refractivity (Wildman–Crippen MR) is 167 cm³/mol. The Bertz CT molecular complexity index is 494. The number of aliphatic hydroxyl groups excluding tert-OH is 6. The van der Waals surface area contributed by atoms with Crippen molar-refractivity contribution in [3.63, 3.8) is 0 Å². The second-order valence-corrected chi connectivity index (χ2v) is 18.0. The molecular formula is C33H72O6Y+3. The van der Waals surface area contributed by atoms with Crippen LogP contribution in [0.25, 0.3) is 0 Å². The normalized spacial score (nSPS) is 18.0. The number of hydrogen-bond acceptors (Lipinski definition) is 6. The first-order chi connectivity index (χ1) is 16.6. The molecule has 0 aliphatic heterocycles. The topological polar surface area (TPSA) is 121 Å². The minimum absolute atomic E-state index is 0. The van der Waals surface area contributed by atoms with Gasteiger partial charge in [-0.2, -0.15) is 0 Å². The van der Waals surface area contributed by atoms with E-state index in [1.807, 2.05) is 125 Å². The third kappa shape index (κ3) is 23.3. The fraction of sp³-hybridized carbons (Fsp3) is 1.00. The quantitative estimate of drug-likeness (QED) is 0.193. The van der Waals surface area contributed by atoms with Crippen molar-refractivity contribution in [2.45, 2.75) is 181 Å². The molecule has 0 amide bonds. The summed E-state index contributed by atoms with van der Waals surface area (Å²) in [5.74, 6) is 0. The summed E-state index contributed by atoms with van der Waals surface area (Å²) in [6, 6.07) is 0. The van der Waals surface area contributed by atoms with Gasteiger partial charge in [0.25, 0.3) is 0 Å². The van der Waals surface area contributed by atoms with Crippen molar-refractivity contribution in [1.29, 1.82) is 0 Å². The summed E-state index contributed by atoms with van der Waals surface area (Å²) >= 11 is 0. The first-order valence-corrected chi connectivity index (χ1v) is 14.7. The van der Waals surface area contributed by atoms with Crippen LogP contribution in [-0.4, -0.2) is 67.3 Å². The van der Waals surface area contributed by atoms with E-state index in [0.29, 0.717) is 19.3 Å². The molecule has 0 aliphatic carbocycles. The van der Waals surface area contributed by atoms with Crippen LogP contribution in [0.1, 0.15) is 144 Å². The average molecular weight is 654 g/mol. The van der Waals surface area contributed by atoms with Gasteiger partial charge in [0.2, 0.25) is 0 Å². The second kappa shape index (κ2) is 18.0. The minimum atomic E-state index is -0.443. The summed E-state index contributed by atoms with van der Waals surface area (Å²) < 4.78 is 0. The van der Waals surface area contributed by atoms with E-state index in [1.165, 1.54) is 0 Å². The fourth-order valence-electron chi connectivity index (χ4n) is 2.76. The average Bonchev–Trinajstić information content (AvgIpc) is 2.64. The van der Waals surface area contributed by atoms with Crippen LogP contribution in [0, 0.1) is 32.5 Å². The Labute approximate surface area is 275 Å². The Morgan fingerprint density at radius 3 is 0.400 bits per heavy atom. The molecule has 0 fully saturated rings. The molecule has 0 rings (SSSR count).